The van der Waals surface area contributed by atoms with Crippen LogP contribution >= 0.6 is 23.1 Å². The number of nitrogens with zero attached hydrogens (tertiary/aromatic N) is 4. The van der Waals surface area contributed by atoms with Crippen molar-refractivity contribution < 1.29 is 23.9 Å². The van der Waals surface area contributed by atoms with Gasteiger partial charge in [0, 0.05) is 24.1 Å². The van der Waals surface area contributed by atoms with E-state index >= 15 is 0 Å². The first kappa shape index (κ1) is 34.1. The lowest BCUT2D eigenvalue weighted by Crippen LogP contribution is -2.55. The monoisotopic (exact) mass is 693 g/mol. The molecule has 0 radical (unpaired) electrons. The van der Waals surface area contributed by atoms with Crippen LogP contribution in [0, 0.1) is 11.8 Å². The maximum absolute atomic E-state index is 14.1. The number of aliphatic imine (C=N–C) groups is 2. The normalized spacial score (nSPS) is 29.8. The molecule has 6 bridgehead atoms. The van der Waals surface area contributed by atoms with E-state index in [1.807, 2.05) is 62.9 Å². The molecule has 4 aliphatic rings. The molecule has 4 amide bonds. The Kier molecular flexibility index (Phi) is 10.2. The van der Waals surface area contributed by atoms with Gasteiger partial charge < -0.3 is 25.6 Å². The molecule has 14 heteroatoms. The number of rotatable bonds is 4. The van der Waals surface area contributed by atoms with Gasteiger partial charge in [-0.05, 0) is 37.2 Å². The Bertz CT molecular complexity index is 1610. The number of ether oxygens (including phenoxy) is 1. The number of amides is 4. The topological polar surface area (TPSA) is 154 Å². The molecule has 0 saturated carbocycles. The number of thiazole rings is 1. The summed E-state index contributed by atoms with van der Waals surface area (Å²) in [6.45, 7) is 10.1. The zero-order valence-electron chi connectivity index (χ0n) is 27.8. The van der Waals surface area contributed by atoms with Crippen molar-refractivity contribution in [3.8, 4) is 0 Å². The van der Waals surface area contributed by atoms with Gasteiger partial charge in [0.15, 0.2) is 6.04 Å². The lowest BCUT2D eigenvalue weighted by molar-refractivity contribution is -0.138. The van der Waals surface area contributed by atoms with Crippen LogP contribution in [0.25, 0.3) is 0 Å². The summed E-state index contributed by atoms with van der Waals surface area (Å²) in [6, 6.07) is 6.01. The van der Waals surface area contributed by atoms with Gasteiger partial charge in [0.1, 0.15) is 34.9 Å². The van der Waals surface area contributed by atoms with Gasteiger partial charge in [-0.3, -0.25) is 24.2 Å². The van der Waals surface area contributed by atoms with Crippen LogP contribution in [0.3, 0.4) is 0 Å². The van der Waals surface area contributed by atoms with Crippen LogP contribution in [0.2, 0.25) is 0 Å². The summed E-state index contributed by atoms with van der Waals surface area (Å²) in [5.74, 6) is -0.692. The Morgan fingerprint density at radius 3 is 2.42 bits per heavy atom. The lowest BCUT2D eigenvalue weighted by atomic mass is 10.0. The quantitative estimate of drug-likeness (QED) is 0.445. The van der Waals surface area contributed by atoms with Crippen molar-refractivity contribution in [2.24, 2.45) is 21.8 Å². The van der Waals surface area contributed by atoms with Crippen molar-refractivity contribution >= 4 is 57.7 Å². The van der Waals surface area contributed by atoms with Crippen molar-refractivity contribution in [3.05, 3.63) is 52.0 Å². The third-order valence-corrected chi connectivity index (χ3v) is 11.3. The molecule has 0 unspecified atom stereocenters. The van der Waals surface area contributed by atoms with E-state index < -0.39 is 48.1 Å². The predicted molar refractivity (Wildman–Crippen MR) is 186 cm³/mol. The highest BCUT2D eigenvalue weighted by atomic mass is 32.2. The second-order valence-corrected chi connectivity index (χ2v) is 15.4. The number of thioether (sulfide) groups is 1. The molecule has 1 saturated heterocycles. The molecule has 5 heterocycles. The Hall–Kier alpha value is -3.78. The van der Waals surface area contributed by atoms with E-state index in [2.05, 4.69) is 20.9 Å². The summed E-state index contributed by atoms with van der Waals surface area (Å²) in [4.78, 5) is 71.0. The molecule has 4 aliphatic heterocycles. The molecule has 12 nitrogen and oxygen atoms in total. The first-order chi connectivity index (χ1) is 23.0. The van der Waals surface area contributed by atoms with Crippen molar-refractivity contribution in [1.82, 2.24) is 25.8 Å². The number of fused-ring (bicyclic) bond motifs is 6. The van der Waals surface area contributed by atoms with E-state index in [0.717, 1.165) is 23.4 Å². The third-order valence-electron chi connectivity index (χ3n) is 9.18. The first-order valence-corrected chi connectivity index (χ1v) is 18.5. The highest BCUT2D eigenvalue weighted by molar-refractivity contribution is 8.14. The molecular weight excluding hydrogens is 651 g/mol. The first-order valence-electron chi connectivity index (χ1n) is 16.7. The summed E-state index contributed by atoms with van der Waals surface area (Å²) in [6.07, 6.45) is 1.31. The standard InChI is InChI=1S/C34H43N7O5S2/c1-17(2)25-33-37-22(16-48-33)28(42)35-21(14-20-10-7-6-8-11-20)31-40-27(19(5)46-31)30(44)39-26(18(3)4)34(45)41-13-9-12-24(41)32-36-23(15-47-32)29(43)38-25/h6-8,10-11,16-19,21,23-27H,9,12-15H2,1-5H3,(H,35,42)(H,38,43)(H,39,44)/t19-,21-,23+,24+,25+,26+,27+/m1/s1. The second-order valence-electron chi connectivity index (χ2n) is 13.5. The van der Waals surface area contributed by atoms with Crippen LogP contribution < -0.4 is 16.0 Å². The number of hydrogen-bond acceptors (Lipinski definition) is 10. The van der Waals surface area contributed by atoms with Gasteiger partial charge in [-0.15, -0.1) is 23.1 Å². The van der Waals surface area contributed by atoms with Crippen LogP contribution in [-0.2, 0) is 25.5 Å². The zero-order valence-corrected chi connectivity index (χ0v) is 29.5. The molecular formula is C34H43N7O5S2. The minimum atomic E-state index is -0.905. The van der Waals surface area contributed by atoms with Crippen molar-refractivity contribution in [2.75, 3.05) is 12.3 Å². The van der Waals surface area contributed by atoms with Crippen LogP contribution in [0.1, 0.15) is 74.6 Å². The minimum Gasteiger partial charge on any atom is -0.474 e. The largest absolute Gasteiger partial charge is 0.474 e. The highest BCUT2D eigenvalue weighted by Gasteiger charge is 2.43. The molecule has 3 N–H and O–H groups in total. The molecule has 2 aromatic rings. The van der Waals surface area contributed by atoms with Crippen LogP contribution in [0.5, 0.6) is 0 Å². The lowest BCUT2D eigenvalue weighted by Gasteiger charge is -2.31. The van der Waals surface area contributed by atoms with E-state index in [4.69, 9.17) is 14.7 Å². The predicted octanol–water partition coefficient (Wildman–Crippen LogP) is 3.14. The third kappa shape index (κ3) is 7.14. The summed E-state index contributed by atoms with van der Waals surface area (Å²) in [5.41, 5.74) is 1.17. The Balaban J connectivity index is 1.37. The van der Waals surface area contributed by atoms with E-state index in [1.54, 1.807) is 12.3 Å². The number of carbonyl (C=O) groups excluding carboxylic acids is 4. The van der Waals surface area contributed by atoms with E-state index in [1.165, 1.54) is 23.1 Å². The number of carbonyl (C=O) groups is 4. The highest BCUT2D eigenvalue weighted by Crippen LogP contribution is 2.32. The molecule has 1 aromatic heterocycles. The molecule has 6 rings (SSSR count). The molecule has 0 aliphatic carbocycles. The molecule has 1 fully saturated rings. The summed E-state index contributed by atoms with van der Waals surface area (Å²) >= 11 is 2.82. The number of benzene rings is 1. The van der Waals surface area contributed by atoms with Gasteiger partial charge >= 0.3 is 0 Å². The van der Waals surface area contributed by atoms with E-state index in [9.17, 15) is 19.2 Å². The number of aromatic nitrogens is 1. The van der Waals surface area contributed by atoms with Gasteiger partial charge in [0.25, 0.3) is 5.91 Å². The fraction of sp³-hybridized carbons (Fsp3) is 0.559. The smallest absolute Gasteiger partial charge is 0.271 e. The number of hydrogen-bond donors (Lipinski definition) is 3. The fourth-order valence-corrected chi connectivity index (χ4v) is 8.69. The summed E-state index contributed by atoms with van der Waals surface area (Å²) in [7, 11) is 0. The summed E-state index contributed by atoms with van der Waals surface area (Å²) in [5, 5.41) is 12.2. The second kappa shape index (κ2) is 14.4. The van der Waals surface area contributed by atoms with Gasteiger partial charge in [0.05, 0.1) is 17.1 Å². The molecule has 256 valence electrons. The molecule has 7 atom stereocenters. The van der Waals surface area contributed by atoms with Crippen LogP contribution in [0.15, 0.2) is 45.7 Å². The van der Waals surface area contributed by atoms with Gasteiger partial charge in [-0.25, -0.2) is 9.98 Å². The van der Waals surface area contributed by atoms with Crippen molar-refractivity contribution in [3.63, 3.8) is 0 Å². The Morgan fingerprint density at radius 2 is 1.69 bits per heavy atom. The van der Waals surface area contributed by atoms with Crippen molar-refractivity contribution in [1.29, 1.82) is 0 Å². The molecule has 48 heavy (non-hydrogen) atoms. The molecule has 1 aromatic carbocycles. The SMILES string of the molecule is CC(C)[C@@H]1NC(=O)[C@H]2N=C(O[C@@H]2C)[C@@H](Cc2ccccc2)NC(=O)c2csc(n2)[C@H](C(C)C)NC(=O)[C@@H]2CSC(=N2)[C@@H]2CCCN2C1=O. The summed E-state index contributed by atoms with van der Waals surface area (Å²) < 4.78 is 6.16. The average Bonchev–Trinajstić information content (AvgIpc) is 3.88. The average molecular weight is 694 g/mol. The Labute approximate surface area is 289 Å². The van der Waals surface area contributed by atoms with Crippen LogP contribution in [-0.4, -0.2) is 93.1 Å². The fourth-order valence-electron chi connectivity index (χ4n) is 6.48. The van der Waals surface area contributed by atoms with Gasteiger partial charge in [-0.2, -0.15) is 0 Å². The molecule has 0 spiro atoms. The Morgan fingerprint density at radius 1 is 0.958 bits per heavy atom. The van der Waals surface area contributed by atoms with Gasteiger partial charge in [-0.1, -0.05) is 58.0 Å². The van der Waals surface area contributed by atoms with Gasteiger partial charge in [0.2, 0.25) is 23.6 Å². The maximum atomic E-state index is 14.1. The zero-order chi connectivity index (χ0) is 34.1. The number of nitrogens with one attached hydrogen (secondary N) is 3. The van der Waals surface area contributed by atoms with E-state index in [0.29, 0.717) is 23.7 Å². The minimum absolute atomic E-state index is 0.00145. The maximum Gasteiger partial charge on any atom is 0.271 e. The van der Waals surface area contributed by atoms with Crippen LogP contribution in [0.4, 0.5) is 0 Å². The van der Waals surface area contributed by atoms with E-state index in [-0.39, 0.29) is 41.3 Å². The van der Waals surface area contributed by atoms with Crippen molar-refractivity contribution in [2.45, 2.75) is 96.2 Å².